The molecule has 2 N–H and O–H groups in total. The third-order valence-electron chi connectivity index (χ3n) is 6.44. The number of nitrogens with one attached hydrogen (secondary N) is 2. The molecular formula is C28H35N5O2. The van der Waals surface area contributed by atoms with Gasteiger partial charge in [-0.05, 0) is 22.6 Å². The van der Waals surface area contributed by atoms with Gasteiger partial charge in [0.2, 0.25) is 5.91 Å². The number of rotatable bonds is 10. The average Bonchev–Trinajstić information content (AvgIpc) is 3.30. The highest BCUT2D eigenvalue weighted by atomic mass is 16.2. The molecule has 4 rings (SSSR count). The maximum Gasteiger partial charge on any atom is 0.256 e. The Hall–Kier alpha value is -3.42. The lowest BCUT2D eigenvalue weighted by Crippen LogP contribution is -2.49. The molecule has 0 atom stereocenters. The number of benzene rings is 3. The molecule has 184 valence electrons. The van der Waals surface area contributed by atoms with Crippen LogP contribution < -0.4 is 10.6 Å². The van der Waals surface area contributed by atoms with E-state index in [2.05, 4.69) is 48.7 Å². The van der Waals surface area contributed by atoms with E-state index < -0.39 is 0 Å². The van der Waals surface area contributed by atoms with Gasteiger partial charge < -0.3 is 15.5 Å². The highest BCUT2D eigenvalue weighted by Gasteiger charge is 2.27. The van der Waals surface area contributed by atoms with Crippen molar-refractivity contribution in [2.24, 2.45) is 0 Å². The fraction of sp³-hybridized carbons (Fsp3) is 0.357. The Morgan fingerprint density at radius 3 is 2.29 bits per heavy atom. The Balaban J connectivity index is 1.40. The highest BCUT2D eigenvalue weighted by Crippen LogP contribution is 2.24. The molecule has 2 amide bonds. The third kappa shape index (κ3) is 6.18. The van der Waals surface area contributed by atoms with E-state index in [1.807, 2.05) is 47.5 Å². The molecule has 1 aliphatic rings. The first-order valence-corrected chi connectivity index (χ1v) is 12.2. The molecule has 0 spiro atoms. The monoisotopic (exact) mass is 473 g/mol. The van der Waals surface area contributed by atoms with Crippen molar-refractivity contribution in [1.29, 1.82) is 0 Å². The summed E-state index contributed by atoms with van der Waals surface area (Å²) in [4.78, 5) is 28.1. The van der Waals surface area contributed by atoms with Crippen molar-refractivity contribution in [2.45, 2.75) is 33.0 Å². The number of carbonyl (C=O) groups excluding carboxylic acids is 2. The number of amides is 2. The van der Waals surface area contributed by atoms with Gasteiger partial charge in [-0.25, -0.2) is 5.01 Å². The number of hydrazine groups is 1. The van der Waals surface area contributed by atoms with Gasteiger partial charge in [-0.2, -0.15) is 0 Å². The molecule has 35 heavy (non-hydrogen) atoms. The van der Waals surface area contributed by atoms with Crippen LogP contribution in [0.3, 0.4) is 0 Å². The predicted molar refractivity (Wildman–Crippen MR) is 141 cm³/mol. The van der Waals surface area contributed by atoms with E-state index >= 15 is 0 Å². The van der Waals surface area contributed by atoms with Crippen molar-refractivity contribution in [1.82, 2.24) is 20.2 Å². The normalized spacial score (nSPS) is 13.1. The van der Waals surface area contributed by atoms with E-state index in [4.69, 9.17) is 0 Å². The van der Waals surface area contributed by atoms with Crippen LogP contribution in [0.2, 0.25) is 0 Å². The molecule has 0 saturated carbocycles. The summed E-state index contributed by atoms with van der Waals surface area (Å²) in [5.41, 5.74) is 3.39. The van der Waals surface area contributed by atoms with Gasteiger partial charge in [0.25, 0.3) is 5.91 Å². The lowest BCUT2D eigenvalue weighted by Gasteiger charge is -2.31. The lowest BCUT2D eigenvalue weighted by molar-refractivity contribution is -0.151. The molecule has 7 nitrogen and oxygen atoms in total. The number of carbonyl (C=O) groups is 2. The molecule has 7 heteroatoms. The van der Waals surface area contributed by atoms with E-state index in [1.54, 1.807) is 17.0 Å². The quantitative estimate of drug-likeness (QED) is 0.472. The molecule has 0 unspecified atom stereocenters. The summed E-state index contributed by atoms with van der Waals surface area (Å²) in [6.07, 6.45) is 0. The molecule has 1 aliphatic heterocycles. The number of anilines is 1. The Morgan fingerprint density at radius 2 is 1.57 bits per heavy atom. The van der Waals surface area contributed by atoms with Crippen LogP contribution in [0.25, 0.3) is 10.8 Å². The fourth-order valence-electron chi connectivity index (χ4n) is 4.39. The summed E-state index contributed by atoms with van der Waals surface area (Å²) in [6.45, 7) is 6.79. The molecular weight excluding hydrogens is 438 g/mol. The molecule has 0 fully saturated rings. The van der Waals surface area contributed by atoms with Crippen LogP contribution in [-0.2, 0) is 22.7 Å². The van der Waals surface area contributed by atoms with Crippen LogP contribution in [0.5, 0.6) is 0 Å². The van der Waals surface area contributed by atoms with E-state index in [-0.39, 0.29) is 24.9 Å². The van der Waals surface area contributed by atoms with Crippen LogP contribution >= 0.6 is 0 Å². The van der Waals surface area contributed by atoms with Gasteiger partial charge in [0, 0.05) is 50.3 Å². The second-order valence-electron chi connectivity index (χ2n) is 9.31. The Morgan fingerprint density at radius 1 is 0.914 bits per heavy atom. The van der Waals surface area contributed by atoms with Crippen molar-refractivity contribution < 1.29 is 9.59 Å². The second kappa shape index (κ2) is 11.3. The highest BCUT2D eigenvalue weighted by molar-refractivity contribution is 5.95. The molecule has 0 aromatic heterocycles. The Bertz CT molecular complexity index is 1150. The maximum atomic E-state index is 13.2. The fourth-order valence-corrected chi connectivity index (χ4v) is 4.39. The van der Waals surface area contributed by atoms with E-state index in [0.717, 1.165) is 16.5 Å². The number of nitrogens with zero attached hydrogens (tertiary/aromatic N) is 3. The standard InChI is InChI=1S/C28H35N5O2/c1-21(2)29-15-16-32(20-28(35)31(3)33-18-23-10-4-5-11-24(23)19-33)27(34)17-30-26-14-8-12-22-9-6-7-13-25(22)26/h4-14,21,29-30H,15-20H2,1-3H3. The van der Waals surface area contributed by atoms with Crippen molar-refractivity contribution in [2.75, 3.05) is 38.5 Å². The number of hydrogen-bond acceptors (Lipinski definition) is 5. The summed E-state index contributed by atoms with van der Waals surface area (Å²) < 4.78 is 0. The molecule has 0 bridgehead atoms. The molecule has 0 aliphatic carbocycles. The van der Waals surface area contributed by atoms with Gasteiger partial charge in [-0.1, -0.05) is 74.5 Å². The summed E-state index contributed by atoms with van der Waals surface area (Å²) in [5.74, 6) is -0.198. The van der Waals surface area contributed by atoms with Crippen LogP contribution in [0.15, 0.2) is 66.7 Å². The SMILES string of the molecule is CC(C)NCCN(CC(=O)N(C)N1Cc2ccccc2C1)C(=O)CNc1cccc2ccccc12. The minimum atomic E-state index is -0.102. The van der Waals surface area contributed by atoms with Crippen LogP contribution in [0, 0.1) is 0 Å². The van der Waals surface area contributed by atoms with Gasteiger partial charge in [0.15, 0.2) is 0 Å². The molecule has 0 saturated heterocycles. The molecule has 0 radical (unpaired) electrons. The molecule has 1 heterocycles. The van der Waals surface area contributed by atoms with Crippen LogP contribution in [0.1, 0.15) is 25.0 Å². The summed E-state index contributed by atoms with van der Waals surface area (Å²) in [6, 6.07) is 22.6. The van der Waals surface area contributed by atoms with Crippen LogP contribution in [0.4, 0.5) is 5.69 Å². The van der Waals surface area contributed by atoms with Gasteiger partial charge in [0.05, 0.1) is 6.54 Å². The second-order valence-corrected chi connectivity index (χ2v) is 9.31. The zero-order chi connectivity index (χ0) is 24.8. The van der Waals surface area contributed by atoms with Gasteiger partial charge in [-0.15, -0.1) is 0 Å². The first-order valence-electron chi connectivity index (χ1n) is 12.2. The van der Waals surface area contributed by atoms with Crippen molar-refractivity contribution >= 4 is 28.3 Å². The Kier molecular flexibility index (Phi) is 8.00. The number of hydrogen-bond donors (Lipinski definition) is 2. The minimum Gasteiger partial charge on any atom is -0.376 e. The summed E-state index contributed by atoms with van der Waals surface area (Å²) in [5, 5.41) is 12.5. The maximum absolute atomic E-state index is 13.2. The van der Waals surface area contributed by atoms with E-state index in [9.17, 15) is 9.59 Å². The van der Waals surface area contributed by atoms with Crippen molar-refractivity contribution in [3.05, 3.63) is 77.9 Å². The summed E-state index contributed by atoms with van der Waals surface area (Å²) >= 11 is 0. The average molecular weight is 474 g/mol. The van der Waals surface area contributed by atoms with Gasteiger partial charge in [-0.3, -0.25) is 14.6 Å². The third-order valence-corrected chi connectivity index (χ3v) is 6.44. The van der Waals surface area contributed by atoms with E-state index in [0.29, 0.717) is 32.2 Å². The van der Waals surface area contributed by atoms with Crippen molar-refractivity contribution in [3.63, 3.8) is 0 Å². The van der Waals surface area contributed by atoms with Crippen LogP contribution in [-0.4, -0.2) is 66.0 Å². The van der Waals surface area contributed by atoms with Gasteiger partial charge >= 0.3 is 0 Å². The topological polar surface area (TPSA) is 67.9 Å². The lowest BCUT2D eigenvalue weighted by atomic mass is 10.1. The van der Waals surface area contributed by atoms with Gasteiger partial charge in [0.1, 0.15) is 6.54 Å². The number of likely N-dealkylation sites (N-methyl/N-ethyl adjacent to an activating group) is 1. The first kappa shape index (κ1) is 24.7. The zero-order valence-corrected chi connectivity index (χ0v) is 20.8. The first-order chi connectivity index (χ1) is 16.9. The Labute approximate surface area is 207 Å². The van der Waals surface area contributed by atoms with E-state index in [1.165, 1.54) is 11.1 Å². The number of fused-ring (bicyclic) bond motifs is 2. The summed E-state index contributed by atoms with van der Waals surface area (Å²) in [7, 11) is 1.79. The smallest absolute Gasteiger partial charge is 0.256 e. The minimum absolute atomic E-state index is 0.0408. The zero-order valence-electron chi connectivity index (χ0n) is 20.8. The molecule has 3 aromatic carbocycles. The van der Waals surface area contributed by atoms with Crippen molar-refractivity contribution in [3.8, 4) is 0 Å². The largest absolute Gasteiger partial charge is 0.376 e. The molecule has 3 aromatic rings. The predicted octanol–water partition coefficient (Wildman–Crippen LogP) is 3.47.